The van der Waals surface area contributed by atoms with Gasteiger partial charge in [0.25, 0.3) is 0 Å². The first-order chi connectivity index (χ1) is 6.79. The third kappa shape index (κ3) is 13.7. The number of rotatable bonds is 0. The maximum atomic E-state index is 8.60. The van der Waals surface area contributed by atoms with E-state index in [1.165, 1.54) is 11.6 Å². The molecular weight excluding hydrogens is 564 g/mol. The van der Waals surface area contributed by atoms with E-state index in [2.05, 4.69) is 25.1 Å². The second-order valence-electron chi connectivity index (χ2n) is 2.84. The number of phenols is 1. The average Bonchev–Trinajstić information content (AvgIpc) is 2.21. The summed E-state index contributed by atoms with van der Waals surface area (Å²) >= 11 is 0. The summed E-state index contributed by atoms with van der Waals surface area (Å²) in [5, 5.41) is 8.60. The Kier molecular flexibility index (Phi) is 24.2. The van der Waals surface area contributed by atoms with Gasteiger partial charge in [0.2, 0.25) is 0 Å². The Morgan fingerprint density at radius 1 is 0.889 bits per heavy atom. The van der Waals surface area contributed by atoms with E-state index in [4.69, 9.17) is 5.11 Å². The van der Waals surface area contributed by atoms with E-state index in [9.17, 15) is 0 Å². The minimum absolute atomic E-state index is 0. The molecule has 0 heterocycles. The van der Waals surface area contributed by atoms with Gasteiger partial charge in [-0.25, -0.2) is 0 Å². The molecule has 18 heavy (non-hydrogen) atoms. The summed E-state index contributed by atoms with van der Waals surface area (Å²) in [6.07, 6.45) is 0. The van der Waals surface area contributed by atoms with Crippen LogP contribution in [0, 0.1) is 33.9 Å². The van der Waals surface area contributed by atoms with Crippen LogP contribution in [-0.4, -0.2) is 5.11 Å². The van der Waals surface area contributed by atoms with Gasteiger partial charge in [-0.05, 0) is 0 Å². The Bertz CT molecular complexity index is 312. The molecule has 0 aliphatic carbocycles. The van der Waals surface area contributed by atoms with Gasteiger partial charge in [-0.1, -0.05) is 6.92 Å². The van der Waals surface area contributed by atoms with Gasteiger partial charge in [-0.3, -0.25) is 0 Å². The second kappa shape index (κ2) is 16.6. The molecule has 0 saturated carbocycles. The van der Waals surface area contributed by atoms with Crippen LogP contribution in [0.2, 0.25) is 0 Å². The molecule has 0 amide bonds. The molecule has 0 saturated heterocycles. The number of hydrogen-bond donors (Lipinski definition) is 1. The van der Waals surface area contributed by atoms with E-state index in [1.54, 1.807) is 18.2 Å². The largest absolute Gasteiger partial charge is 2.00 e. The van der Waals surface area contributed by atoms with Crippen LogP contribution in [0.3, 0.4) is 0 Å². The summed E-state index contributed by atoms with van der Waals surface area (Å²) < 4.78 is 0. The molecule has 3 heteroatoms. The molecule has 0 spiro atoms. The Hall–Kier alpha value is -0.383. The van der Waals surface area contributed by atoms with Crippen molar-refractivity contribution in [3.63, 3.8) is 0 Å². The molecule has 0 aromatic heterocycles. The summed E-state index contributed by atoms with van der Waals surface area (Å²) in [6, 6.07) is 20.1. The molecule has 2 aromatic rings. The van der Waals surface area contributed by atoms with Crippen LogP contribution in [0.25, 0.3) is 0 Å². The normalized spacial score (nSPS) is 6.72. The minimum Gasteiger partial charge on any atom is -0.566 e. The van der Waals surface area contributed by atoms with Crippen LogP contribution in [0.15, 0.2) is 48.5 Å². The summed E-state index contributed by atoms with van der Waals surface area (Å²) in [5.41, 5.74) is 1.27. The maximum Gasteiger partial charge on any atom is 2.00 e. The molecule has 0 atom stereocenters. The minimum atomic E-state index is 0. The van der Waals surface area contributed by atoms with Crippen LogP contribution < -0.4 is 0 Å². The first kappa shape index (κ1) is 26.2. The van der Waals surface area contributed by atoms with Crippen LogP contribution >= 0.6 is 0 Å². The van der Waals surface area contributed by atoms with Crippen LogP contribution in [0.4, 0.5) is 0 Å². The summed E-state index contributed by atoms with van der Waals surface area (Å²) in [7, 11) is 0. The number of aryl methyl sites for hydroxylation is 1. The van der Waals surface area contributed by atoms with Gasteiger partial charge in [0.15, 0.2) is 0 Å². The van der Waals surface area contributed by atoms with Crippen molar-refractivity contribution < 1.29 is 47.2 Å². The van der Waals surface area contributed by atoms with Gasteiger partial charge >= 0.3 is 42.1 Å². The Labute approximate surface area is 140 Å². The SMILES string of the molecule is Cc1c[c-]ccc1.Oc1c[c-]ccc1.[CH3-].[CH3-].[W+2].[W+2]. The number of phenolic OH excluding ortho intramolecular Hbond substituents is 1. The second-order valence-corrected chi connectivity index (χ2v) is 2.84. The van der Waals surface area contributed by atoms with Gasteiger partial charge in [0, 0.05) is 5.75 Å². The van der Waals surface area contributed by atoms with Crippen molar-refractivity contribution in [2.75, 3.05) is 0 Å². The number of benzene rings is 2. The van der Waals surface area contributed by atoms with Gasteiger partial charge < -0.3 is 20.0 Å². The topological polar surface area (TPSA) is 20.2 Å². The molecule has 0 fully saturated rings. The average molecular weight is 582 g/mol. The predicted molar refractivity (Wildman–Crippen MR) is 69.8 cm³/mol. The van der Waals surface area contributed by atoms with E-state index in [0.717, 1.165) is 0 Å². The molecule has 0 radical (unpaired) electrons. The molecule has 0 unspecified atom stereocenters. The number of aromatic hydroxyl groups is 1. The van der Waals surface area contributed by atoms with Gasteiger partial charge in [0.05, 0.1) is 0 Å². The maximum absolute atomic E-state index is 8.60. The predicted octanol–water partition coefficient (Wildman–Crippen LogP) is 3.88. The van der Waals surface area contributed by atoms with Crippen molar-refractivity contribution in [2.24, 2.45) is 0 Å². The third-order valence-electron chi connectivity index (χ3n) is 1.55. The van der Waals surface area contributed by atoms with Crippen molar-refractivity contribution >= 4 is 0 Å². The summed E-state index contributed by atoms with van der Waals surface area (Å²) in [6.45, 7) is 2.05. The van der Waals surface area contributed by atoms with Crippen LogP contribution in [0.1, 0.15) is 5.56 Å². The van der Waals surface area contributed by atoms with E-state index in [1.807, 2.05) is 18.2 Å². The first-order valence-electron chi connectivity index (χ1n) is 4.37. The zero-order chi connectivity index (χ0) is 10.2. The van der Waals surface area contributed by atoms with Gasteiger partial charge in [-0.15, -0.1) is 12.1 Å². The Morgan fingerprint density at radius 3 is 1.56 bits per heavy atom. The molecule has 0 aliphatic heterocycles. The third-order valence-corrected chi connectivity index (χ3v) is 1.55. The molecule has 2 rings (SSSR count). The van der Waals surface area contributed by atoms with Crippen molar-refractivity contribution in [3.8, 4) is 5.75 Å². The summed E-state index contributed by atoms with van der Waals surface area (Å²) in [4.78, 5) is 0. The quantitative estimate of drug-likeness (QED) is 0.469. The first-order valence-corrected chi connectivity index (χ1v) is 4.37. The molecule has 1 N–H and O–H groups in total. The van der Waals surface area contributed by atoms with E-state index in [-0.39, 0.29) is 62.7 Å². The Balaban J connectivity index is -0.0000000891. The van der Waals surface area contributed by atoms with Crippen molar-refractivity contribution in [1.82, 2.24) is 0 Å². The van der Waals surface area contributed by atoms with E-state index >= 15 is 0 Å². The zero-order valence-corrected chi connectivity index (χ0v) is 16.7. The van der Waals surface area contributed by atoms with E-state index in [0.29, 0.717) is 0 Å². The smallest absolute Gasteiger partial charge is 0.566 e. The van der Waals surface area contributed by atoms with Crippen molar-refractivity contribution in [3.05, 3.63) is 81.1 Å². The van der Waals surface area contributed by atoms with Gasteiger partial charge in [-0.2, -0.15) is 54.1 Å². The molecule has 0 aliphatic rings. The fraction of sp³-hybridized carbons (Fsp3) is 0.0667. The molecular formula is C15H18OW2. The summed E-state index contributed by atoms with van der Waals surface area (Å²) in [5.74, 6) is 0.266. The molecule has 2 aromatic carbocycles. The van der Waals surface area contributed by atoms with E-state index < -0.39 is 0 Å². The number of hydrogen-bond acceptors (Lipinski definition) is 1. The fourth-order valence-corrected chi connectivity index (χ4v) is 0.867. The van der Waals surface area contributed by atoms with Gasteiger partial charge in [0.1, 0.15) is 0 Å². The standard InChI is InChI=1S/C7H7.C6H5O.2CH3.2W/c1-7-5-3-2-4-6-7;7-6-4-2-1-3-5-6;;;;/h2-3,5-6H,1H3;1-2,4-5,7H;2*1H3;;/q4*-1;2*+2. The van der Waals surface area contributed by atoms with Crippen molar-refractivity contribution in [1.29, 1.82) is 0 Å². The monoisotopic (exact) mass is 582 g/mol. The van der Waals surface area contributed by atoms with Crippen LogP contribution in [-0.2, 0) is 42.1 Å². The molecule has 0 bridgehead atoms. The fourth-order valence-electron chi connectivity index (χ4n) is 0.867. The molecule has 1 nitrogen and oxygen atoms in total. The van der Waals surface area contributed by atoms with Crippen LogP contribution in [0.5, 0.6) is 5.75 Å². The molecule has 96 valence electrons. The van der Waals surface area contributed by atoms with Crippen molar-refractivity contribution in [2.45, 2.75) is 6.92 Å². The Morgan fingerprint density at radius 2 is 1.39 bits per heavy atom. The zero-order valence-electron chi connectivity index (χ0n) is 10.9.